The Labute approximate surface area is 227 Å². The molecule has 7 fully saturated rings. The Kier molecular flexibility index (Phi) is 5.28. The Morgan fingerprint density at radius 3 is 2.74 bits per heavy atom. The van der Waals surface area contributed by atoms with E-state index < -0.39 is 5.41 Å². The van der Waals surface area contributed by atoms with E-state index in [0.29, 0.717) is 35.4 Å². The van der Waals surface area contributed by atoms with Crippen LogP contribution in [-0.4, -0.2) is 35.6 Å². The second kappa shape index (κ2) is 8.02. The molecule has 5 nitrogen and oxygen atoms in total. The molecule has 1 aromatic rings. The van der Waals surface area contributed by atoms with Crippen molar-refractivity contribution in [2.75, 3.05) is 7.11 Å². The summed E-state index contributed by atoms with van der Waals surface area (Å²) in [6.45, 7) is 9.33. The van der Waals surface area contributed by atoms with Gasteiger partial charge in [-0.1, -0.05) is 33.3 Å². The van der Waals surface area contributed by atoms with Crippen molar-refractivity contribution in [2.45, 2.75) is 90.8 Å². The van der Waals surface area contributed by atoms with Gasteiger partial charge < -0.3 is 9.47 Å². The van der Waals surface area contributed by atoms with Crippen LogP contribution >= 0.6 is 0 Å². The fraction of sp³-hybridized carbons (Fsp3) is 0.727. The highest BCUT2D eigenvalue weighted by molar-refractivity contribution is 6.03. The minimum atomic E-state index is -0.435. The van der Waals surface area contributed by atoms with Gasteiger partial charge in [-0.15, -0.1) is 0 Å². The molecule has 6 saturated carbocycles. The van der Waals surface area contributed by atoms with Crippen LogP contribution in [0.1, 0.15) is 84.6 Å². The summed E-state index contributed by atoms with van der Waals surface area (Å²) in [4.78, 5) is 32.1. The number of methoxy groups -OCH3 is 1. The second-order valence-corrected chi connectivity index (χ2v) is 14.5. The zero-order valence-corrected chi connectivity index (χ0v) is 23.7. The number of ether oxygens (including phenoxy) is 2. The van der Waals surface area contributed by atoms with Crippen molar-refractivity contribution in [1.29, 1.82) is 0 Å². The van der Waals surface area contributed by atoms with Crippen LogP contribution in [0.15, 0.2) is 30.1 Å². The van der Waals surface area contributed by atoms with Gasteiger partial charge >= 0.3 is 5.97 Å². The van der Waals surface area contributed by atoms with Gasteiger partial charge in [-0.3, -0.25) is 14.6 Å². The molecule has 7 aliphatic rings. The average molecular weight is 518 g/mol. The van der Waals surface area contributed by atoms with Crippen LogP contribution in [0.2, 0.25) is 0 Å². The van der Waals surface area contributed by atoms with Gasteiger partial charge in [0.25, 0.3) is 0 Å². The molecule has 0 N–H and O–H groups in total. The molecule has 1 saturated heterocycles. The lowest BCUT2D eigenvalue weighted by atomic mass is 9.31. The molecule has 1 aliphatic heterocycles. The Balaban J connectivity index is 1.35. The van der Waals surface area contributed by atoms with E-state index in [4.69, 9.17) is 9.47 Å². The Bertz CT molecular complexity index is 1210. The highest BCUT2D eigenvalue weighted by Crippen LogP contribution is 2.79. The van der Waals surface area contributed by atoms with Crippen LogP contribution in [-0.2, 0) is 19.1 Å². The van der Waals surface area contributed by atoms with Gasteiger partial charge in [0.2, 0.25) is 0 Å². The highest BCUT2D eigenvalue weighted by atomic mass is 16.5. The molecular weight excluding hydrogens is 474 g/mol. The lowest BCUT2D eigenvalue weighted by Crippen LogP contribution is -2.71. The SMILES string of the molecule is COC(=O)[C@]1(C)CCC[C@]2(C)[C@H]3C[C@@H]4[C@H]5[C@@H]6C/C(=C\c7cccnc7)C(=O)[C@H]5[C@@]3(CC[C@H]21)CC4(C(C)C)O6. The molecule has 6 aliphatic carbocycles. The summed E-state index contributed by atoms with van der Waals surface area (Å²) < 4.78 is 12.6. The third-order valence-corrected chi connectivity index (χ3v) is 13.0. The number of pyridine rings is 1. The van der Waals surface area contributed by atoms with Gasteiger partial charge in [-0.05, 0) is 103 Å². The Morgan fingerprint density at radius 1 is 1.21 bits per heavy atom. The third kappa shape index (κ3) is 2.90. The van der Waals surface area contributed by atoms with Crippen molar-refractivity contribution in [1.82, 2.24) is 4.98 Å². The van der Waals surface area contributed by atoms with Crippen LogP contribution in [0.25, 0.3) is 6.08 Å². The molecule has 1 spiro atoms. The molecule has 4 bridgehead atoms. The summed E-state index contributed by atoms with van der Waals surface area (Å²) in [5, 5.41) is 0. The van der Waals surface area contributed by atoms with E-state index in [9.17, 15) is 9.59 Å². The standard InChI is InChI=1S/C33H43NO4/c1-19(2)33-18-32-12-9-24-30(3,10-7-11-31(24,4)29(36)37-5)25(32)16-22(33)26-23(38-33)15-21(28(35)27(26)32)14-20-8-6-13-34-17-20/h6,8,13-14,17,19,22-27H,7,9-12,15-16,18H2,1-5H3/b21-14+/t22-,23+,24-,25-,26+,27+,30+,31-,32+,33?/m1/s1. The summed E-state index contributed by atoms with van der Waals surface area (Å²) >= 11 is 0. The first-order valence-corrected chi connectivity index (χ1v) is 15.0. The van der Waals surface area contributed by atoms with Crippen molar-refractivity contribution in [3.8, 4) is 0 Å². The predicted molar refractivity (Wildman–Crippen MR) is 145 cm³/mol. The van der Waals surface area contributed by atoms with E-state index in [0.717, 1.165) is 62.5 Å². The smallest absolute Gasteiger partial charge is 0.311 e. The molecule has 5 heteroatoms. The predicted octanol–water partition coefficient (Wildman–Crippen LogP) is 6.27. The van der Waals surface area contributed by atoms with Crippen molar-refractivity contribution < 1.29 is 19.1 Å². The quantitative estimate of drug-likeness (QED) is 0.349. The van der Waals surface area contributed by atoms with E-state index in [1.54, 1.807) is 13.3 Å². The number of carbonyl (C=O) groups is 2. The highest BCUT2D eigenvalue weighted by Gasteiger charge is 2.79. The average Bonchev–Trinajstić information content (AvgIpc) is 3.18. The van der Waals surface area contributed by atoms with Gasteiger partial charge in [-0.25, -0.2) is 0 Å². The maximum Gasteiger partial charge on any atom is 0.311 e. The van der Waals surface area contributed by atoms with Crippen molar-refractivity contribution in [2.24, 2.45) is 51.8 Å². The van der Waals surface area contributed by atoms with E-state index in [-0.39, 0.29) is 34.4 Å². The van der Waals surface area contributed by atoms with E-state index in [2.05, 4.69) is 38.8 Å². The van der Waals surface area contributed by atoms with E-state index >= 15 is 0 Å². The maximum atomic E-state index is 14.6. The number of carbonyl (C=O) groups excluding carboxylic acids is 2. The van der Waals surface area contributed by atoms with Gasteiger partial charge in [0, 0.05) is 30.7 Å². The largest absolute Gasteiger partial charge is 0.469 e. The molecule has 10 atom stereocenters. The Morgan fingerprint density at radius 2 is 2.03 bits per heavy atom. The first-order valence-electron chi connectivity index (χ1n) is 15.0. The number of Topliss-reactive ketones (excluding diaryl/α,β-unsaturated/α-hetero) is 1. The molecular formula is C33H43NO4. The van der Waals surface area contributed by atoms with Crippen LogP contribution < -0.4 is 0 Å². The summed E-state index contributed by atoms with van der Waals surface area (Å²) in [5.41, 5.74) is 1.35. The number of rotatable bonds is 3. The topological polar surface area (TPSA) is 65.5 Å². The molecule has 1 unspecified atom stereocenters. The lowest BCUT2D eigenvalue weighted by Gasteiger charge is -2.72. The van der Waals surface area contributed by atoms with Crippen LogP contribution in [0.4, 0.5) is 0 Å². The maximum absolute atomic E-state index is 14.6. The lowest BCUT2D eigenvalue weighted by molar-refractivity contribution is -0.251. The molecule has 204 valence electrons. The first-order chi connectivity index (χ1) is 18.1. The van der Waals surface area contributed by atoms with E-state index in [1.807, 2.05) is 18.3 Å². The molecule has 0 aromatic carbocycles. The summed E-state index contributed by atoms with van der Waals surface area (Å²) in [7, 11) is 1.55. The number of fused-ring (bicyclic) bond motifs is 1. The number of aromatic nitrogens is 1. The first kappa shape index (κ1) is 25.0. The number of nitrogens with zero attached hydrogens (tertiary/aromatic N) is 1. The van der Waals surface area contributed by atoms with Crippen LogP contribution in [0.3, 0.4) is 0 Å². The van der Waals surface area contributed by atoms with Crippen LogP contribution in [0, 0.1) is 51.8 Å². The van der Waals surface area contributed by atoms with Gasteiger partial charge in [0.05, 0.1) is 24.2 Å². The third-order valence-electron chi connectivity index (χ3n) is 13.0. The monoisotopic (exact) mass is 517 g/mol. The zero-order chi connectivity index (χ0) is 26.7. The number of ketones is 1. The molecule has 0 radical (unpaired) electrons. The number of hydrogen-bond donors (Lipinski definition) is 0. The minimum absolute atomic E-state index is 0.0337. The van der Waals surface area contributed by atoms with E-state index in [1.165, 1.54) is 0 Å². The zero-order valence-electron chi connectivity index (χ0n) is 23.7. The summed E-state index contributed by atoms with van der Waals surface area (Å²) in [5.74, 6) is 2.30. The van der Waals surface area contributed by atoms with Crippen molar-refractivity contribution in [3.63, 3.8) is 0 Å². The summed E-state index contributed by atoms with van der Waals surface area (Å²) in [6, 6.07) is 3.98. The van der Waals surface area contributed by atoms with Gasteiger partial charge in [0.15, 0.2) is 5.78 Å². The number of esters is 1. The van der Waals surface area contributed by atoms with Gasteiger partial charge in [0.1, 0.15) is 0 Å². The fourth-order valence-corrected chi connectivity index (χ4v) is 11.7. The fourth-order valence-electron chi connectivity index (χ4n) is 11.7. The Hall–Kier alpha value is -2.01. The van der Waals surface area contributed by atoms with Crippen molar-refractivity contribution in [3.05, 3.63) is 35.7 Å². The second-order valence-electron chi connectivity index (χ2n) is 14.5. The summed E-state index contributed by atoms with van der Waals surface area (Å²) in [6.07, 6.45) is 13.9. The minimum Gasteiger partial charge on any atom is -0.469 e. The molecule has 0 amide bonds. The molecule has 8 rings (SSSR count). The molecule has 38 heavy (non-hydrogen) atoms. The van der Waals surface area contributed by atoms with Gasteiger partial charge in [-0.2, -0.15) is 0 Å². The molecule has 2 heterocycles. The van der Waals surface area contributed by atoms with Crippen LogP contribution in [0.5, 0.6) is 0 Å². The normalized spacial score (nSPS) is 49.6. The number of hydrogen-bond acceptors (Lipinski definition) is 5. The molecule has 1 aromatic heterocycles. The van der Waals surface area contributed by atoms with Crippen molar-refractivity contribution >= 4 is 17.8 Å².